The van der Waals surface area contributed by atoms with Crippen molar-refractivity contribution in [1.29, 1.82) is 0 Å². The number of nitrogens with zero attached hydrogens (tertiary/aromatic N) is 2. The molecule has 6 nitrogen and oxygen atoms in total. The highest BCUT2D eigenvalue weighted by Gasteiger charge is 2.28. The summed E-state index contributed by atoms with van der Waals surface area (Å²) >= 11 is 0. The van der Waals surface area contributed by atoms with Gasteiger partial charge in [0.15, 0.2) is 0 Å². The van der Waals surface area contributed by atoms with Gasteiger partial charge in [-0.05, 0) is 66.2 Å². The van der Waals surface area contributed by atoms with Crippen LogP contribution >= 0.6 is 21.6 Å². The molecule has 0 amide bonds. The first-order valence-corrected chi connectivity index (χ1v) is 23.5. The van der Waals surface area contributed by atoms with E-state index in [-0.39, 0.29) is 44.7 Å². The molecule has 0 radical (unpaired) electrons. The van der Waals surface area contributed by atoms with E-state index in [1.54, 1.807) is 0 Å². The Labute approximate surface area is 356 Å². The fourth-order valence-electron chi connectivity index (χ4n) is 8.05. The smallest absolute Gasteiger partial charge is 0.123 e. The van der Waals surface area contributed by atoms with Gasteiger partial charge in [-0.3, -0.25) is 9.80 Å². The van der Waals surface area contributed by atoms with Crippen LogP contribution in [0.2, 0.25) is 0 Å². The summed E-state index contributed by atoms with van der Waals surface area (Å²) in [4.78, 5) is 4.72. The second-order valence-corrected chi connectivity index (χ2v) is 23.7. The van der Waals surface area contributed by atoms with Gasteiger partial charge in [0.05, 0.1) is 0 Å². The highest BCUT2D eigenvalue weighted by Crippen LogP contribution is 2.41. The van der Waals surface area contributed by atoms with Crippen LogP contribution in [0.3, 0.4) is 0 Å². The number of hydrogen-bond acceptors (Lipinski definition) is 8. The van der Waals surface area contributed by atoms with Gasteiger partial charge >= 0.3 is 0 Å². The first-order valence-electron chi connectivity index (χ1n) is 21.0. The molecular formula is C50H68N2O4S2. The third-order valence-corrected chi connectivity index (χ3v) is 14.3. The minimum absolute atomic E-state index is 0.176. The van der Waals surface area contributed by atoms with Crippen molar-refractivity contribution in [2.75, 3.05) is 24.6 Å². The SMILES string of the molecule is CC(C)(C)c1cc2c(O)c(c1)CN1CCSSCCN(Cc3cc(C(C)(C)C)cc(c3O)C2)Cc2cc(C(C)(C)C)cc(c2O)Cc2cc(C(C)(C)C)cc(c2O)C1. The first-order chi connectivity index (χ1) is 26.9. The van der Waals surface area contributed by atoms with Crippen LogP contribution in [0.5, 0.6) is 23.0 Å². The number of fused-ring (bicyclic) bond motifs is 15. The van der Waals surface area contributed by atoms with Gasteiger partial charge in [0, 0.05) is 85.9 Å². The minimum atomic E-state index is -0.176. The Bertz CT molecular complexity index is 1850. The average molecular weight is 825 g/mol. The van der Waals surface area contributed by atoms with Crippen molar-refractivity contribution in [3.63, 3.8) is 0 Å². The summed E-state index contributed by atoms with van der Waals surface area (Å²) in [6.07, 6.45) is 0.763. The van der Waals surface area contributed by atoms with Crippen LogP contribution in [-0.2, 0) is 60.7 Å². The van der Waals surface area contributed by atoms with Crippen molar-refractivity contribution in [2.45, 2.75) is 144 Å². The van der Waals surface area contributed by atoms with Crippen LogP contribution < -0.4 is 0 Å². The van der Waals surface area contributed by atoms with E-state index in [1.165, 1.54) is 0 Å². The summed E-state index contributed by atoms with van der Waals surface area (Å²) in [5, 5.41) is 48.9. The van der Waals surface area contributed by atoms with E-state index >= 15 is 0 Å². The molecule has 0 unspecified atom stereocenters. The zero-order valence-electron chi connectivity index (χ0n) is 37.2. The molecule has 0 spiro atoms. The molecule has 4 N–H and O–H groups in total. The molecule has 6 rings (SSSR count). The molecule has 0 saturated heterocycles. The van der Waals surface area contributed by atoms with Crippen LogP contribution in [0.4, 0.5) is 0 Å². The zero-order chi connectivity index (χ0) is 42.5. The quantitative estimate of drug-likeness (QED) is 0.130. The number of phenolic OH excluding ortho intramolecular Hbond substituents is 4. The maximum absolute atomic E-state index is 12.2. The van der Waals surface area contributed by atoms with Gasteiger partial charge in [-0.15, -0.1) is 0 Å². The summed E-state index contributed by atoms with van der Waals surface area (Å²) < 4.78 is 0. The third kappa shape index (κ3) is 10.2. The number of benzene rings is 4. The Hall–Kier alpha value is -3.30. The van der Waals surface area contributed by atoms with Crippen LogP contribution in [-0.4, -0.2) is 54.8 Å². The van der Waals surface area contributed by atoms with Crippen LogP contribution in [0.25, 0.3) is 0 Å². The molecule has 0 atom stereocenters. The van der Waals surface area contributed by atoms with E-state index in [0.717, 1.165) is 91.4 Å². The highest BCUT2D eigenvalue weighted by molar-refractivity contribution is 8.76. The molecule has 0 saturated carbocycles. The average Bonchev–Trinajstić information content (AvgIpc) is 3.09. The molecule has 0 aromatic heterocycles. The molecule has 0 fully saturated rings. The fraction of sp³-hybridized carbons (Fsp3) is 0.520. The van der Waals surface area contributed by atoms with Gasteiger partial charge in [0.25, 0.3) is 0 Å². The predicted octanol–water partition coefficient (Wildman–Crippen LogP) is 11.6. The Morgan fingerprint density at radius 2 is 0.569 bits per heavy atom. The Morgan fingerprint density at radius 3 is 0.776 bits per heavy atom. The molecule has 2 aliphatic heterocycles. The van der Waals surface area contributed by atoms with Crippen LogP contribution in [0.15, 0.2) is 48.5 Å². The lowest BCUT2D eigenvalue weighted by Crippen LogP contribution is -2.27. The lowest BCUT2D eigenvalue weighted by atomic mass is 9.81. The minimum Gasteiger partial charge on any atom is -0.507 e. The van der Waals surface area contributed by atoms with Crippen molar-refractivity contribution < 1.29 is 20.4 Å². The summed E-state index contributed by atoms with van der Waals surface area (Å²) in [7, 11) is 3.70. The number of aromatic hydroxyl groups is 4. The number of hydrogen-bond donors (Lipinski definition) is 4. The summed E-state index contributed by atoms with van der Waals surface area (Å²) in [5.41, 5.74) is 10.4. The topological polar surface area (TPSA) is 87.4 Å². The van der Waals surface area contributed by atoms with E-state index in [0.29, 0.717) is 39.0 Å². The molecular weight excluding hydrogens is 757 g/mol. The maximum atomic E-state index is 12.2. The fourth-order valence-corrected chi connectivity index (χ4v) is 10.1. The summed E-state index contributed by atoms with van der Waals surface area (Å²) in [6, 6.07) is 17.1. The van der Waals surface area contributed by atoms with Crippen molar-refractivity contribution in [3.8, 4) is 23.0 Å². The van der Waals surface area contributed by atoms with Gasteiger partial charge in [-0.2, -0.15) is 0 Å². The molecule has 10 bridgehead atoms. The summed E-state index contributed by atoms with van der Waals surface area (Å²) in [6.45, 7) is 30.0. The largest absolute Gasteiger partial charge is 0.507 e. The Balaban J connectivity index is 1.65. The first kappa shape index (κ1) is 44.3. The van der Waals surface area contributed by atoms with Crippen molar-refractivity contribution >= 4 is 21.6 Å². The van der Waals surface area contributed by atoms with Crippen molar-refractivity contribution in [3.05, 3.63) is 115 Å². The van der Waals surface area contributed by atoms with Crippen molar-refractivity contribution in [1.82, 2.24) is 9.80 Å². The van der Waals surface area contributed by atoms with E-state index in [9.17, 15) is 20.4 Å². The van der Waals surface area contributed by atoms with Crippen molar-refractivity contribution in [2.24, 2.45) is 0 Å². The molecule has 0 aliphatic carbocycles. The molecule has 4 aromatic rings. The highest BCUT2D eigenvalue weighted by atomic mass is 33.1. The number of phenols is 4. The second kappa shape index (κ2) is 16.6. The van der Waals surface area contributed by atoms with Crippen LogP contribution in [0, 0.1) is 0 Å². The molecule has 8 heteroatoms. The van der Waals surface area contributed by atoms with Gasteiger partial charge in [0.2, 0.25) is 0 Å². The maximum Gasteiger partial charge on any atom is 0.123 e. The second-order valence-electron chi connectivity index (χ2n) is 21.0. The Morgan fingerprint density at radius 1 is 0.362 bits per heavy atom. The number of rotatable bonds is 0. The van der Waals surface area contributed by atoms with E-state index < -0.39 is 0 Å². The van der Waals surface area contributed by atoms with Gasteiger partial charge < -0.3 is 20.4 Å². The van der Waals surface area contributed by atoms with Gasteiger partial charge in [-0.25, -0.2) is 0 Å². The summed E-state index contributed by atoms with van der Waals surface area (Å²) in [5.74, 6) is 2.80. The Kier molecular flexibility index (Phi) is 12.7. The zero-order valence-corrected chi connectivity index (χ0v) is 38.8. The predicted molar refractivity (Wildman–Crippen MR) is 246 cm³/mol. The van der Waals surface area contributed by atoms with E-state index in [1.807, 2.05) is 21.6 Å². The lowest BCUT2D eigenvalue weighted by molar-refractivity contribution is 0.264. The normalized spacial score (nSPS) is 18.8. The molecule has 314 valence electrons. The molecule has 2 aliphatic rings. The van der Waals surface area contributed by atoms with Crippen LogP contribution in [0.1, 0.15) is 150 Å². The monoisotopic (exact) mass is 824 g/mol. The van der Waals surface area contributed by atoms with E-state index in [4.69, 9.17) is 0 Å². The molecule has 4 aromatic carbocycles. The lowest BCUT2D eigenvalue weighted by Gasteiger charge is -2.29. The van der Waals surface area contributed by atoms with Gasteiger partial charge in [-0.1, -0.05) is 153 Å². The van der Waals surface area contributed by atoms with E-state index in [2.05, 4.69) is 141 Å². The molecule has 2 heterocycles. The third-order valence-electron chi connectivity index (χ3n) is 11.9. The standard InChI is InChI=1S/C50H68N2O4S2/c1-47(2,3)39-19-31-17-32-20-40(48(4,5)6)25-37(44(32)54)29-52-14-16-58-57-15-13-51(27-35(23-39)43(31)53)28-36-24-41(49(7,8)9)21-33(45(36)55)18-34-22-42(50(10,11)12)26-38(30-52)46(34)56/h19-26,53-56H,13-18,27-30H2,1-12H3. The van der Waals surface area contributed by atoms with Gasteiger partial charge in [0.1, 0.15) is 23.0 Å². The molecule has 58 heavy (non-hydrogen) atoms.